The van der Waals surface area contributed by atoms with Crippen LogP contribution in [0.1, 0.15) is 18.4 Å². The summed E-state index contributed by atoms with van der Waals surface area (Å²) < 4.78 is 70.1. The van der Waals surface area contributed by atoms with Gasteiger partial charge in [-0.15, -0.1) is 0 Å². The van der Waals surface area contributed by atoms with Gasteiger partial charge in [0.25, 0.3) is 10.0 Å². The number of rotatable bonds is 3. The predicted octanol–water partition coefficient (Wildman–Crippen LogP) is 2.24. The van der Waals surface area contributed by atoms with E-state index in [0.29, 0.717) is 31.4 Å². The van der Waals surface area contributed by atoms with Gasteiger partial charge in [0.05, 0.1) is 10.6 Å². The smallest absolute Gasteiger partial charge is 0.381 e. The predicted molar refractivity (Wildman–Crippen MR) is 90.9 cm³/mol. The number of hydrogen-bond donors (Lipinski definition) is 0. The lowest BCUT2D eigenvalue weighted by Gasteiger charge is -2.61. The van der Waals surface area contributed by atoms with E-state index in [1.54, 1.807) is 0 Å². The second kappa shape index (κ2) is 6.55. The Labute approximate surface area is 160 Å². The molecule has 4 heterocycles. The highest BCUT2D eigenvalue weighted by atomic mass is 35.5. The molecular formula is C16H19ClF3N3O3S. The summed E-state index contributed by atoms with van der Waals surface area (Å²) in [4.78, 5) is 5.85. The molecule has 0 amide bonds. The molecule has 11 heteroatoms. The molecule has 0 aliphatic carbocycles. The SMILES string of the molecule is O=S(=O)(c1ncc(C(F)(F)F)cc1Cl)N1CC2(CN(C3CCOCC3)C2)C1. The summed E-state index contributed by atoms with van der Waals surface area (Å²) in [5.41, 5.74) is -1.14. The van der Waals surface area contributed by atoms with Gasteiger partial charge in [0, 0.05) is 57.0 Å². The first-order chi connectivity index (χ1) is 12.6. The van der Waals surface area contributed by atoms with Crippen LogP contribution in [-0.2, 0) is 20.9 Å². The number of sulfonamides is 1. The highest BCUT2D eigenvalue weighted by Gasteiger charge is 2.56. The van der Waals surface area contributed by atoms with Gasteiger partial charge in [-0.2, -0.15) is 17.5 Å². The molecule has 3 saturated heterocycles. The highest BCUT2D eigenvalue weighted by Crippen LogP contribution is 2.44. The number of halogens is 4. The Morgan fingerprint density at radius 1 is 1.19 bits per heavy atom. The van der Waals surface area contributed by atoms with Crippen LogP contribution in [0.15, 0.2) is 17.3 Å². The Morgan fingerprint density at radius 3 is 2.37 bits per heavy atom. The molecule has 3 aliphatic heterocycles. The number of likely N-dealkylation sites (tertiary alicyclic amines) is 1. The summed E-state index contributed by atoms with van der Waals surface area (Å²) >= 11 is 5.80. The number of ether oxygens (including phenoxy) is 1. The van der Waals surface area contributed by atoms with Gasteiger partial charge in [0.1, 0.15) is 0 Å². The zero-order valence-electron chi connectivity index (χ0n) is 14.4. The van der Waals surface area contributed by atoms with Gasteiger partial charge in [-0.1, -0.05) is 11.6 Å². The third kappa shape index (κ3) is 3.46. The van der Waals surface area contributed by atoms with Gasteiger partial charge in [0.15, 0.2) is 5.03 Å². The van der Waals surface area contributed by atoms with Crippen molar-refractivity contribution < 1.29 is 26.3 Å². The standard InChI is InChI=1S/C16H19ClF3N3O3S/c17-13-5-11(16(18,19)20)6-21-14(13)27(24,25)23-9-15(10-23)7-22(8-15)12-1-3-26-4-2-12/h5-6,12H,1-4,7-10H2. The fourth-order valence-electron chi connectivity index (χ4n) is 4.09. The normalized spacial score (nSPS) is 24.6. The third-order valence-electron chi connectivity index (χ3n) is 5.53. The Hall–Kier alpha value is -0.940. The Bertz CT molecular complexity index is 829. The van der Waals surface area contributed by atoms with Gasteiger partial charge in [-0.3, -0.25) is 4.90 Å². The molecule has 3 fully saturated rings. The number of alkyl halides is 3. The molecule has 3 aliphatic rings. The molecule has 27 heavy (non-hydrogen) atoms. The van der Waals surface area contributed by atoms with E-state index in [0.717, 1.165) is 39.1 Å². The number of nitrogens with zero attached hydrogens (tertiary/aromatic N) is 3. The van der Waals surface area contributed by atoms with E-state index in [1.165, 1.54) is 4.31 Å². The van der Waals surface area contributed by atoms with E-state index < -0.39 is 31.8 Å². The maximum atomic E-state index is 12.7. The summed E-state index contributed by atoms with van der Waals surface area (Å²) in [6.07, 6.45) is -2.14. The van der Waals surface area contributed by atoms with Crippen molar-refractivity contribution in [1.82, 2.24) is 14.2 Å². The van der Waals surface area contributed by atoms with E-state index >= 15 is 0 Å². The van der Waals surface area contributed by atoms with Crippen LogP contribution in [0.5, 0.6) is 0 Å². The maximum absolute atomic E-state index is 12.7. The second-order valence-corrected chi connectivity index (χ2v) is 9.79. The molecule has 0 atom stereocenters. The molecule has 0 unspecified atom stereocenters. The van der Waals surface area contributed by atoms with Crippen LogP contribution < -0.4 is 0 Å². The molecule has 0 aromatic carbocycles. The van der Waals surface area contributed by atoms with Gasteiger partial charge >= 0.3 is 6.18 Å². The van der Waals surface area contributed by atoms with Gasteiger partial charge in [0.2, 0.25) is 0 Å². The summed E-state index contributed by atoms with van der Waals surface area (Å²) in [7, 11) is -4.00. The van der Waals surface area contributed by atoms with Crippen molar-refractivity contribution in [2.45, 2.75) is 30.1 Å². The lowest BCUT2D eigenvalue weighted by atomic mass is 9.73. The van der Waals surface area contributed by atoms with Crippen LogP contribution in [0, 0.1) is 5.41 Å². The van der Waals surface area contributed by atoms with Gasteiger partial charge in [-0.25, -0.2) is 13.4 Å². The zero-order valence-corrected chi connectivity index (χ0v) is 15.9. The minimum absolute atomic E-state index is 0.0657. The van der Waals surface area contributed by atoms with Crippen LogP contribution in [-0.4, -0.2) is 68.0 Å². The first-order valence-electron chi connectivity index (χ1n) is 8.65. The molecule has 4 rings (SSSR count). The van der Waals surface area contributed by atoms with Crippen LogP contribution in [0.25, 0.3) is 0 Å². The zero-order chi connectivity index (χ0) is 19.4. The number of hydrogen-bond acceptors (Lipinski definition) is 5. The lowest BCUT2D eigenvalue weighted by molar-refractivity contribution is -0.137. The summed E-state index contributed by atoms with van der Waals surface area (Å²) in [5.74, 6) is 0. The monoisotopic (exact) mass is 425 g/mol. The van der Waals surface area contributed by atoms with E-state index in [4.69, 9.17) is 16.3 Å². The third-order valence-corrected chi connectivity index (χ3v) is 7.68. The van der Waals surface area contributed by atoms with Crippen molar-refractivity contribution in [2.24, 2.45) is 5.41 Å². The topological polar surface area (TPSA) is 62.7 Å². The largest absolute Gasteiger partial charge is 0.417 e. The number of aromatic nitrogens is 1. The van der Waals surface area contributed by atoms with E-state index in [-0.39, 0.29) is 5.41 Å². The van der Waals surface area contributed by atoms with E-state index in [9.17, 15) is 21.6 Å². The fourth-order valence-corrected chi connectivity index (χ4v) is 6.17. The Morgan fingerprint density at radius 2 is 1.81 bits per heavy atom. The molecule has 1 spiro atoms. The first-order valence-corrected chi connectivity index (χ1v) is 10.5. The first kappa shape index (κ1) is 19.4. The molecule has 0 saturated carbocycles. The average Bonchev–Trinajstić information content (AvgIpc) is 2.52. The van der Waals surface area contributed by atoms with Gasteiger partial charge in [-0.05, 0) is 18.9 Å². The quantitative estimate of drug-likeness (QED) is 0.743. The Kier molecular flexibility index (Phi) is 4.70. The average molecular weight is 426 g/mol. The van der Waals surface area contributed by atoms with Crippen molar-refractivity contribution in [1.29, 1.82) is 0 Å². The van der Waals surface area contributed by atoms with Crippen LogP contribution in [0.2, 0.25) is 5.02 Å². The molecule has 1 aromatic heterocycles. The minimum Gasteiger partial charge on any atom is -0.381 e. The molecule has 150 valence electrons. The molecule has 0 radical (unpaired) electrons. The number of pyridine rings is 1. The highest BCUT2D eigenvalue weighted by molar-refractivity contribution is 7.89. The Balaban J connectivity index is 1.40. The maximum Gasteiger partial charge on any atom is 0.417 e. The summed E-state index contributed by atoms with van der Waals surface area (Å²) in [6.45, 7) is 3.86. The van der Waals surface area contributed by atoms with Crippen LogP contribution >= 0.6 is 11.6 Å². The van der Waals surface area contributed by atoms with Crippen molar-refractivity contribution in [3.8, 4) is 0 Å². The fraction of sp³-hybridized carbons (Fsp3) is 0.688. The van der Waals surface area contributed by atoms with Crippen molar-refractivity contribution >= 4 is 21.6 Å². The minimum atomic E-state index is -4.63. The van der Waals surface area contributed by atoms with Crippen molar-refractivity contribution in [3.05, 3.63) is 22.8 Å². The van der Waals surface area contributed by atoms with E-state index in [1.807, 2.05) is 0 Å². The van der Waals surface area contributed by atoms with Crippen molar-refractivity contribution in [3.63, 3.8) is 0 Å². The molecular weight excluding hydrogens is 407 g/mol. The molecule has 0 bridgehead atoms. The molecule has 6 nitrogen and oxygen atoms in total. The molecule has 0 N–H and O–H groups in total. The van der Waals surface area contributed by atoms with Gasteiger partial charge < -0.3 is 4.74 Å². The lowest BCUT2D eigenvalue weighted by Crippen LogP contribution is -2.74. The van der Waals surface area contributed by atoms with Crippen LogP contribution in [0.4, 0.5) is 13.2 Å². The van der Waals surface area contributed by atoms with Crippen molar-refractivity contribution in [2.75, 3.05) is 39.4 Å². The summed E-state index contributed by atoms with van der Waals surface area (Å²) in [6, 6.07) is 1.09. The molecule has 1 aromatic rings. The van der Waals surface area contributed by atoms with E-state index in [2.05, 4.69) is 9.88 Å². The summed E-state index contributed by atoms with van der Waals surface area (Å²) in [5, 5.41) is -1.03. The second-order valence-electron chi connectivity index (χ2n) is 7.53. The van der Waals surface area contributed by atoms with Crippen LogP contribution in [0.3, 0.4) is 0 Å².